The van der Waals surface area contributed by atoms with E-state index in [0.29, 0.717) is 22.1 Å². The first kappa shape index (κ1) is 24.3. The smallest absolute Gasteiger partial charge is 0.257 e. The summed E-state index contributed by atoms with van der Waals surface area (Å²) in [7, 11) is 1.73. The minimum atomic E-state index is -0.435. The zero-order valence-electron chi connectivity index (χ0n) is 19.9. The second-order valence-electron chi connectivity index (χ2n) is 8.20. The van der Waals surface area contributed by atoms with Crippen molar-refractivity contribution < 1.29 is 18.4 Å². The maximum absolute atomic E-state index is 13.6. The maximum atomic E-state index is 13.6. The number of hydrogen-bond donors (Lipinski definition) is 0. The normalized spacial score (nSPS) is 15.5. The lowest BCUT2D eigenvalue weighted by molar-refractivity contribution is 0.111. The van der Waals surface area contributed by atoms with Gasteiger partial charge in [-0.15, -0.1) is 15.3 Å². The molecular formula is C25H21ClFN7O3. The molecule has 0 saturated heterocycles. The quantitative estimate of drug-likeness (QED) is 0.227. The van der Waals surface area contributed by atoms with Crippen LogP contribution in [0.15, 0.2) is 75.8 Å². The van der Waals surface area contributed by atoms with Crippen molar-refractivity contribution in [2.24, 2.45) is 18.1 Å². The SMILES string of the molecule is CC1CC=CC=C1/C(=N/OCc1nnc(-c2cccc(Cl)c2Oc2cccc(F)c2)o1)c1nnnn1C. The summed E-state index contributed by atoms with van der Waals surface area (Å²) in [5.74, 6) is 1.11. The summed E-state index contributed by atoms with van der Waals surface area (Å²) >= 11 is 6.36. The molecule has 0 saturated carbocycles. The number of oxime groups is 1. The molecule has 1 unspecified atom stereocenters. The predicted molar refractivity (Wildman–Crippen MR) is 132 cm³/mol. The number of aryl methyl sites for hydroxylation is 1. The van der Waals surface area contributed by atoms with Crippen LogP contribution in [-0.2, 0) is 18.5 Å². The van der Waals surface area contributed by atoms with Gasteiger partial charge in [0.05, 0.1) is 10.6 Å². The Kier molecular flexibility index (Phi) is 7.04. The Morgan fingerprint density at radius 2 is 2.08 bits per heavy atom. The van der Waals surface area contributed by atoms with Gasteiger partial charge >= 0.3 is 0 Å². The van der Waals surface area contributed by atoms with Gasteiger partial charge in [0.15, 0.2) is 18.1 Å². The minimum absolute atomic E-state index is 0.0973. The van der Waals surface area contributed by atoms with Crippen LogP contribution in [0.1, 0.15) is 25.1 Å². The summed E-state index contributed by atoms with van der Waals surface area (Å²) in [6.07, 6.45) is 6.88. The molecule has 10 nitrogen and oxygen atoms in total. The number of benzene rings is 2. The molecule has 0 bridgehead atoms. The molecule has 12 heteroatoms. The zero-order valence-corrected chi connectivity index (χ0v) is 20.6. The Bertz CT molecular complexity index is 1510. The van der Waals surface area contributed by atoms with E-state index in [9.17, 15) is 4.39 Å². The van der Waals surface area contributed by atoms with Crippen molar-refractivity contribution in [1.29, 1.82) is 0 Å². The molecule has 1 aliphatic rings. The van der Waals surface area contributed by atoms with E-state index in [1.54, 1.807) is 31.3 Å². The van der Waals surface area contributed by atoms with Gasteiger partial charge in [-0.1, -0.05) is 54.0 Å². The third kappa shape index (κ3) is 5.41. The lowest BCUT2D eigenvalue weighted by atomic mass is 9.89. The van der Waals surface area contributed by atoms with E-state index in [2.05, 4.69) is 43.9 Å². The summed E-state index contributed by atoms with van der Waals surface area (Å²) in [4.78, 5) is 5.59. The average Bonchev–Trinajstić information content (AvgIpc) is 3.53. The predicted octanol–water partition coefficient (Wildman–Crippen LogP) is 5.29. The largest absolute Gasteiger partial charge is 0.455 e. The third-order valence-corrected chi connectivity index (χ3v) is 5.86. The first-order chi connectivity index (χ1) is 18.0. The standard InChI is InChI=1S/C25H21ClFN7O3/c1-15-7-3-4-10-18(15)22(24-29-32-33-34(24)2)31-35-14-21-28-30-25(37-21)19-11-6-12-20(26)23(19)36-17-9-5-8-16(27)13-17/h3-6,8-13,15H,7,14H2,1-2H3/b31-22-. The van der Waals surface area contributed by atoms with Gasteiger partial charge in [0.25, 0.3) is 11.8 Å². The summed E-state index contributed by atoms with van der Waals surface area (Å²) in [6, 6.07) is 10.8. The maximum Gasteiger partial charge on any atom is 0.257 e. The van der Waals surface area contributed by atoms with Gasteiger partial charge < -0.3 is 14.0 Å². The van der Waals surface area contributed by atoms with Crippen molar-refractivity contribution >= 4 is 17.3 Å². The van der Waals surface area contributed by atoms with Gasteiger partial charge in [0, 0.05) is 13.1 Å². The molecule has 1 aliphatic carbocycles. The summed E-state index contributed by atoms with van der Waals surface area (Å²) < 4.78 is 26.8. The van der Waals surface area contributed by atoms with E-state index in [1.165, 1.54) is 22.9 Å². The molecule has 0 radical (unpaired) electrons. The topological polar surface area (TPSA) is 113 Å². The van der Waals surface area contributed by atoms with Gasteiger partial charge in [-0.2, -0.15) is 0 Å². The van der Waals surface area contributed by atoms with E-state index in [-0.39, 0.29) is 35.8 Å². The Labute approximate surface area is 216 Å². The molecule has 188 valence electrons. The molecule has 0 fully saturated rings. The zero-order chi connectivity index (χ0) is 25.8. The van der Waals surface area contributed by atoms with Crippen LogP contribution in [0.2, 0.25) is 5.02 Å². The molecular weight excluding hydrogens is 501 g/mol. The Hall–Kier alpha value is -4.38. The fraction of sp³-hybridized carbons (Fsp3) is 0.200. The van der Waals surface area contributed by atoms with Crippen molar-refractivity contribution in [3.63, 3.8) is 0 Å². The Morgan fingerprint density at radius 1 is 1.22 bits per heavy atom. The van der Waals surface area contributed by atoms with Crippen LogP contribution in [0, 0.1) is 11.7 Å². The van der Waals surface area contributed by atoms with Crippen molar-refractivity contribution in [3.05, 3.63) is 88.8 Å². The number of hydrogen-bond acceptors (Lipinski definition) is 9. The molecule has 5 rings (SSSR count). The minimum Gasteiger partial charge on any atom is -0.455 e. The van der Waals surface area contributed by atoms with E-state index in [4.69, 9.17) is 25.6 Å². The van der Waals surface area contributed by atoms with Crippen LogP contribution in [0.5, 0.6) is 11.5 Å². The molecule has 0 amide bonds. The fourth-order valence-corrected chi connectivity index (χ4v) is 3.93. The highest BCUT2D eigenvalue weighted by atomic mass is 35.5. The van der Waals surface area contributed by atoms with Gasteiger partial charge in [-0.05, 0) is 52.6 Å². The van der Waals surface area contributed by atoms with Crippen molar-refractivity contribution in [2.45, 2.75) is 20.0 Å². The third-order valence-electron chi connectivity index (χ3n) is 5.56. The second-order valence-corrected chi connectivity index (χ2v) is 8.61. The van der Waals surface area contributed by atoms with Crippen LogP contribution >= 0.6 is 11.6 Å². The number of rotatable bonds is 8. The molecule has 2 heterocycles. The van der Waals surface area contributed by atoms with Crippen molar-refractivity contribution in [3.8, 4) is 23.0 Å². The van der Waals surface area contributed by atoms with Gasteiger partial charge in [-0.3, -0.25) is 0 Å². The highest BCUT2D eigenvalue weighted by Crippen LogP contribution is 2.38. The Balaban J connectivity index is 1.37. The number of halogens is 2. The second kappa shape index (κ2) is 10.7. The molecule has 4 aromatic rings. The summed E-state index contributed by atoms with van der Waals surface area (Å²) in [5.41, 5.74) is 1.91. The van der Waals surface area contributed by atoms with Crippen molar-refractivity contribution in [2.75, 3.05) is 0 Å². The molecule has 0 aliphatic heterocycles. The first-order valence-corrected chi connectivity index (χ1v) is 11.7. The number of nitrogens with zero attached hydrogens (tertiary/aromatic N) is 7. The van der Waals surface area contributed by atoms with Gasteiger partial charge in [0.2, 0.25) is 5.82 Å². The summed E-state index contributed by atoms with van der Waals surface area (Å²) in [5, 5.41) is 24.5. The van der Waals surface area contributed by atoms with E-state index in [1.807, 2.05) is 12.2 Å². The van der Waals surface area contributed by atoms with E-state index < -0.39 is 5.82 Å². The molecule has 37 heavy (non-hydrogen) atoms. The van der Waals surface area contributed by atoms with Crippen LogP contribution < -0.4 is 4.74 Å². The highest BCUT2D eigenvalue weighted by molar-refractivity contribution is 6.32. The van der Waals surface area contributed by atoms with Crippen LogP contribution in [0.3, 0.4) is 0 Å². The van der Waals surface area contributed by atoms with Crippen LogP contribution in [0.4, 0.5) is 4.39 Å². The van der Waals surface area contributed by atoms with Gasteiger partial charge in [-0.25, -0.2) is 9.07 Å². The average molecular weight is 522 g/mol. The number of aromatic nitrogens is 6. The number of allylic oxidation sites excluding steroid dienone is 4. The lowest BCUT2D eigenvalue weighted by Crippen LogP contribution is -2.18. The molecule has 2 aromatic carbocycles. The fourth-order valence-electron chi connectivity index (χ4n) is 3.71. The lowest BCUT2D eigenvalue weighted by Gasteiger charge is -2.17. The number of tetrazole rings is 1. The summed E-state index contributed by atoms with van der Waals surface area (Å²) in [6.45, 7) is 1.99. The van der Waals surface area contributed by atoms with E-state index >= 15 is 0 Å². The number of para-hydroxylation sites is 1. The highest BCUT2D eigenvalue weighted by Gasteiger charge is 2.23. The van der Waals surface area contributed by atoms with Crippen LogP contribution in [-0.4, -0.2) is 36.1 Å². The van der Waals surface area contributed by atoms with Crippen LogP contribution in [0.25, 0.3) is 11.5 Å². The van der Waals surface area contributed by atoms with Crippen molar-refractivity contribution in [1.82, 2.24) is 30.4 Å². The van der Waals surface area contributed by atoms with Gasteiger partial charge in [0.1, 0.15) is 11.6 Å². The molecule has 0 spiro atoms. The Morgan fingerprint density at radius 3 is 2.86 bits per heavy atom. The monoisotopic (exact) mass is 521 g/mol. The molecule has 1 atom stereocenters. The first-order valence-electron chi connectivity index (χ1n) is 11.3. The molecule has 0 N–H and O–H groups in total. The van der Waals surface area contributed by atoms with E-state index in [0.717, 1.165) is 12.0 Å². The number of ether oxygens (including phenoxy) is 1. The molecule has 2 aromatic heterocycles.